The van der Waals surface area contributed by atoms with Gasteiger partial charge in [-0.25, -0.2) is 4.79 Å². The van der Waals surface area contributed by atoms with Crippen LogP contribution in [0.15, 0.2) is 36.4 Å². The second kappa shape index (κ2) is 8.74. The van der Waals surface area contributed by atoms with Crippen LogP contribution in [0, 0.1) is 11.3 Å². The Kier molecular flexibility index (Phi) is 6.42. The van der Waals surface area contributed by atoms with Crippen molar-refractivity contribution in [2.45, 2.75) is 0 Å². The summed E-state index contributed by atoms with van der Waals surface area (Å²) in [7, 11) is 2.65. The van der Waals surface area contributed by atoms with Gasteiger partial charge >= 0.3 is 5.97 Å². The number of rotatable bonds is 6. The van der Waals surface area contributed by atoms with Crippen molar-refractivity contribution in [1.82, 2.24) is 0 Å². The molecule has 0 radical (unpaired) electrons. The van der Waals surface area contributed by atoms with Crippen molar-refractivity contribution >= 4 is 29.2 Å². The molecule has 7 nitrogen and oxygen atoms in total. The molecule has 0 aromatic heterocycles. The Morgan fingerprint density at radius 1 is 1.23 bits per heavy atom. The Hall–Kier alpha value is -3.24. The first-order valence-corrected chi connectivity index (χ1v) is 7.75. The molecule has 0 aliphatic heterocycles. The average Bonchev–Trinajstić information content (AvgIpc) is 2.66. The molecule has 2 aromatic rings. The number of methoxy groups -OCH3 is 2. The summed E-state index contributed by atoms with van der Waals surface area (Å²) in [4.78, 5) is 23.9. The molecule has 1 amide bonds. The lowest BCUT2D eigenvalue weighted by Gasteiger charge is -2.13. The minimum absolute atomic E-state index is 0.142. The van der Waals surface area contributed by atoms with Crippen LogP contribution in [-0.4, -0.2) is 32.7 Å². The SMILES string of the molecule is COC(=O)c1ccccc1NC(=O)COc1c(Cl)cc(C#N)cc1OC. The molecule has 0 bridgehead atoms. The predicted molar refractivity (Wildman–Crippen MR) is 94.6 cm³/mol. The molecule has 0 atom stereocenters. The molecule has 0 saturated carbocycles. The Balaban J connectivity index is 2.11. The second-order valence-electron chi connectivity index (χ2n) is 4.98. The number of esters is 1. The van der Waals surface area contributed by atoms with Gasteiger partial charge in [0.15, 0.2) is 18.1 Å². The second-order valence-corrected chi connectivity index (χ2v) is 5.38. The summed E-state index contributed by atoms with van der Waals surface area (Å²) in [5.74, 6) is -0.705. The van der Waals surface area contributed by atoms with Gasteiger partial charge in [-0.15, -0.1) is 0 Å². The Morgan fingerprint density at radius 2 is 1.96 bits per heavy atom. The van der Waals surface area contributed by atoms with Crippen molar-refractivity contribution in [2.75, 3.05) is 26.1 Å². The maximum atomic E-state index is 12.2. The van der Waals surface area contributed by atoms with Crippen molar-refractivity contribution in [3.05, 3.63) is 52.5 Å². The Morgan fingerprint density at radius 3 is 2.62 bits per heavy atom. The zero-order chi connectivity index (χ0) is 19.1. The Labute approximate surface area is 155 Å². The number of halogens is 1. The summed E-state index contributed by atoms with van der Waals surface area (Å²) < 4.78 is 15.2. The van der Waals surface area contributed by atoms with E-state index in [1.165, 1.54) is 32.4 Å². The molecular formula is C18H15ClN2O5. The van der Waals surface area contributed by atoms with Gasteiger partial charge in [-0.2, -0.15) is 5.26 Å². The molecule has 134 valence electrons. The quantitative estimate of drug-likeness (QED) is 0.780. The monoisotopic (exact) mass is 374 g/mol. The first kappa shape index (κ1) is 19.1. The van der Waals surface area contributed by atoms with Crippen molar-refractivity contribution in [2.24, 2.45) is 0 Å². The maximum absolute atomic E-state index is 12.2. The van der Waals surface area contributed by atoms with Crippen molar-refractivity contribution < 1.29 is 23.8 Å². The number of carbonyl (C=O) groups is 2. The number of anilines is 1. The number of benzene rings is 2. The molecule has 0 saturated heterocycles. The zero-order valence-corrected chi connectivity index (χ0v) is 14.8. The number of hydrogen-bond donors (Lipinski definition) is 1. The van der Waals surface area contributed by atoms with Crippen LogP contribution in [0.4, 0.5) is 5.69 Å². The lowest BCUT2D eigenvalue weighted by molar-refractivity contribution is -0.118. The van der Waals surface area contributed by atoms with Gasteiger partial charge in [0, 0.05) is 6.07 Å². The minimum Gasteiger partial charge on any atom is -0.493 e. The van der Waals surface area contributed by atoms with Gasteiger partial charge in [-0.1, -0.05) is 23.7 Å². The summed E-state index contributed by atoms with van der Waals surface area (Å²) in [6, 6.07) is 11.2. The summed E-state index contributed by atoms with van der Waals surface area (Å²) in [5.41, 5.74) is 0.818. The fraction of sp³-hybridized carbons (Fsp3) is 0.167. The van der Waals surface area contributed by atoms with E-state index in [-0.39, 0.29) is 28.7 Å². The third-order valence-electron chi connectivity index (χ3n) is 3.31. The van der Waals surface area contributed by atoms with Crippen LogP contribution in [0.3, 0.4) is 0 Å². The lowest BCUT2D eigenvalue weighted by Crippen LogP contribution is -2.22. The van der Waals surface area contributed by atoms with Gasteiger partial charge in [0.1, 0.15) is 0 Å². The first-order chi connectivity index (χ1) is 12.5. The molecule has 0 heterocycles. The van der Waals surface area contributed by atoms with Crippen LogP contribution in [0.1, 0.15) is 15.9 Å². The minimum atomic E-state index is -0.571. The molecule has 2 aromatic carbocycles. The van der Waals surface area contributed by atoms with E-state index in [2.05, 4.69) is 10.1 Å². The largest absolute Gasteiger partial charge is 0.493 e. The fourth-order valence-electron chi connectivity index (χ4n) is 2.13. The number of nitrogens with one attached hydrogen (secondary N) is 1. The molecule has 2 rings (SSSR count). The van der Waals surface area contributed by atoms with Crippen molar-refractivity contribution in [3.8, 4) is 17.6 Å². The molecule has 1 N–H and O–H groups in total. The fourth-order valence-corrected chi connectivity index (χ4v) is 2.39. The van der Waals surface area contributed by atoms with Gasteiger partial charge in [0.25, 0.3) is 5.91 Å². The van der Waals surface area contributed by atoms with E-state index >= 15 is 0 Å². The smallest absolute Gasteiger partial charge is 0.339 e. The number of amides is 1. The number of nitriles is 1. The highest BCUT2D eigenvalue weighted by Gasteiger charge is 2.16. The maximum Gasteiger partial charge on any atom is 0.339 e. The van der Waals surface area contributed by atoms with E-state index in [1.807, 2.05) is 6.07 Å². The third-order valence-corrected chi connectivity index (χ3v) is 3.59. The molecule has 0 aliphatic rings. The number of nitrogens with zero attached hydrogens (tertiary/aromatic N) is 1. The highest BCUT2D eigenvalue weighted by atomic mass is 35.5. The van der Waals surface area contributed by atoms with Crippen LogP contribution in [0.2, 0.25) is 5.02 Å². The number of carbonyl (C=O) groups excluding carboxylic acids is 2. The van der Waals surface area contributed by atoms with Crippen LogP contribution < -0.4 is 14.8 Å². The standard InChI is InChI=1S/C18H15ClN2O5/c1-24-15-8-11(9-20)7-13(19)17(15)26-10-16(22)21-14-6-4-3-5-12(14)18(23)25-2/h3-8H,10H2,1-2H3,(H,21,22). The van der Waals surface area contributed by atoms with Gasteiger partial charge in [0.2, 0.25) is 0 Å². The zero-order valence-electron chi connectivity index (χ0n) is 14.0. The lowest BCUT2D eigenvalue weighted by atomic mass is 10.2. The van der Waals surface area contributed by atoms with E-state index in [1.54, 1.807) is 18.2 Å². The highest BCUT2D eigenvalue weighted by Crippen LogP contribution is 2.36. The molecule has 0 spiro atoms. The molecule has 0 fully saturated rings. The molecule has 0 aliphatic carbocycles. The van der Waals surface area contributed by atoms with Crippen LogP contribution in [0.5, 0.6) is 11.5 Å². The van der Waals surface area contributed by atoms with Crippen LogP contribution in [-0.2, 0) is 9.53 Å². The third kappa shape index (κ3) is 4.43. The number of hydrogen-bond acceptors (Lipinski definition) is 6. The summed E-state index contributed by atoms with van der Waals surface area (Å²) in [6.07, 6.45) is 0. The molecule has 0 unspecified atom stereocenters. The average molecular weight is 375 g/mol. The molecular weight excluding hydrogens is 360 g/mol. The number of para-hydroxylation sites is 1. The van der Waals surface area contributed by atoms with E-state index in [0.717, 1.165) is 0 Å². The van der Waals surface area contributed by atoms with E-state index < -0.39 is 11.9 Å². The molecule has 8 heteroatoms. The summed E-state index contributed by atoms with van der Waals surface area (Å²) in [5, 5.41) is 11.7. The first-order valence-electron chi connectivity index (χ1n) is 7.37. The van der Waals surface area contributed by atoms with Gasteiger partial charge in [-0.3, -0.25) is 4.79 Å². The Bertz CT molecular complexity index is 876. The summed E-state index contributed by atoms with van der Waals surface area (Å²) >= 11 is 6.07. The van der Waals surface area contributed by atoms with Crippen molar-refractivity contribution in [1.29, 1.82) is 5.26 Å². The van der Waals surface area contributed by atoms with Gasteiger partial charge in [-0.05, 0) is 18.2 Å². The predicted octanol–water partition coefficient (Wildman–Crippen LogP) is 3.02. The normalized spacial score (nSPS) is 9.77. The topological polar surface area (TPSA) is 97.6 Å². The van der Waals surface area contributed by atoms with Crippen LogP contribution >= 0.6 is 11.6 Å². The van der Waals surface area contributed by atoms with E-state index in [9.17, 15) is 9.59 Å². The van der Waals surface area contributed by atoms with Gasteiger partial charge in [0.05, 0.1) is 42.1 Å². The van der Waals surface area contributed by atoms with E-state index in [4.69, 9.17) is 26.3 Å². The number of ether oxygens (including phenoxy) is 3. The van der Waals surface area contributed by atoms with Crippen molar-refractivity contribution in [3.63, 3.8) is 0 Å². The van der Waals surface area contributed by atoms with Gasteiger partial charge < -0.3 is 19.5 Å². The molecule has 26 heavy (non-hydrogen) atoms. The summed E-state index contributed by atoms with van der Waals surface area (Å²) in [6.45, 7) is -0.377. The highest BCUT2D eigenvalue weighted by molar-refractivity contribution is 6.32. The van der Waals surface area contributed by atoms with E-state index in [0.29, 0.717) is 11.3 Å². The van der Waals surface area contributed by atoms with Crippen LogP contribution in [0.25, 0.3) is 0 Å².